The van der Waals surface area contributed by atoms with Crippen molar-refractivity contribution < 1.29 is 9.90 Å². The smallest absolute Gasteiger partial charge is 0.306 e. The first-order valence-electron chi connectivity index (χ1n) is 9.59. The first-order valence-corrected chi connectivity index (χ1v) is 9.97. The van der Waals surface area contributed by atoms with E-state index in [-0.39, 0.29) is 11.2 Å². The number of hydrogen-bond acceptors (Lipinski definition) is 6. The number of rotatable bonds is 7. The normalized spacial score (nSPS) is 19.2. The van der Waals surface area contributed by atoms with Gasteiger partial charge in [-0.3, -0.25) is 4.79 Å². The monoisotopic (exact) mass is 403 g/mol. The molecule has 8 heteroatoms. The predicted molar refractivity (Wildman–Crippen MR) is 110 cm³/mol. The Bertz CT molecular complexity index is 837. The molecule has 3 N–H and O–H groups in total. The minimum atomic E-state index is -0.685. The summed E-state index contributed by atoms with van der Waals surface area (Å²) in [7, 11) is 0. The summed E-state index contributed by atoms with van der Waals surface area (Å²) in [6.07, 6.45) is 3.23. The van der Waals surface area contributed by atoms with Gasteiger partial charge in [0.15, 0.2) is 0 Å². The maximum Gasteiger partial charge on any atom is 0.306 e. The molecular formula is C20H26ClN5O2. The van der Waals surface area contributed by atoms with E-state index in [1.54, 1.807) is 0 Å². The highest BCUT2D eigenvalue weighted by Crippen LogP contribution is 2.29. The van der Waals surface area contributed by atoms with E-state index >= 15 is 0 Å². The number of aliphatic carboxylic acids is 1. The van der Waals surface area contributed by atoms with Gasteiger partial charge in [-0.1, -0.05) is 18.2 Å². The molecule has 150 valence electrons. The number of carboxylic acids is 1. The second-order valence-corrected chi connectivity index (χ2v) is 7.74. The van der Waals surface area contributed by atoms with E-state index < -0.39 is 5.97 Å². The van der Waals surface area contributed by atoms with Gasteiger partial charge in [0.2, 0.25) is 17.2 Å². The largest absolute Gasteiger partial charge is 0.481 e. The molecule has 0 radical (unpaired) electrons. The number of aryl methyl sites for hydroxylation is 1. The van der Waals surface area contributed by atoms with E-state index in [1.165, 1.54) is 16.7 Å². The van der Waals surface area contributed by atoms with Gasteiger partial charge in [-0.2, -0.15) is 15.0 Å². The lowest BCUT2D eigenvalue weighted by Crippen LogP contribution is -2.25. The fraction of sp³-hybridized carbons (Fsp3) is 0.500. The fourth-order valence-corrected chi connectivity index (χ4v) is 3.70. The average molecular weight is 404 g/mol. The van der Waals surface area contributed by atoms with Gasteiger partial charge in [0.1, 0.15) is 0 Å². The Morgan fingerprint density at radius 2 is 1.79 bits per heavy atom. The summed E-state index contributed by atoms with van der Waals surface area (Å²) >= 11 is 6.06. The second-order valence-electron chi connectivity index (χ2n) is 7.40. The van der Waals surface area contributed by atoms with Gasteiger partial charge in [-0.05, 0) is 73.7 Å². The van der Waals surface area contributed by atoms with Crippen LogP contribution in [0.4, 0.5) is 11.9 Å². The average Bonchev–Trinajstić information content (AvgIpc) is 2.67. The number of carboxylic acid groups (broad SMARTS) is 1. The molecule has 1 aliphatic rings. The Morgan fingerprint density at radius 3 is 2.46 bits per heavy atom. The number of hydrogen-bond donors (Lipinski definition) is 3. The zero-order valence-electron chi connectivity index (χ0n) is 16.2. The lowest BCUT2D eigenvalue weighted by Gasteiger charge is -2.26. The summed E-state index contributed by atoms with van der Waals surface area (Å²) in [5.41, 5.74) is 3.67. The first kappa shape index (κ1) is 20.3. The topological polar surface area (TPSA) is 100 Å². The summed E-state index contributed by atoms with van der Waals surface area (Å²) in [6.45, 7) is 5.49. The summed E-state index contributed by atoms with van der Waals surface area (Å²) in [4.78, 5) is 23.8. The quantitative estimate of drug-likeness (QED) is 0.640. The van der Waals surface area contributed by atoms with Crippen LogP contribution in [0.25, 0.3) is 0 Å². The summed E-state index contributed by atoms with van der Waals surface area (Å²) in [5, 5.41) is 15.7. The zero-order valence-corrected chi connectivity index (χ0v) is 17.0. The van der Waals surface area contributed by atoms with E-state index in [0.29, 0.717) is 30.9 Å². The van der Waals surface area contributed by atoms with E-state index in [4.69, 9.17) is 16.7 Å². The van der Waals surface area contributed by atoms with Crippen LogP contribution in [0.1, 0.15) is 42.4 Å². The zero-order chi connectivity index (χ0) is 20.1. The first-order chi connectivity index (χ1) is 13.4. The molecule has 1 aliphatic carbocycles. The molecule has 1 aromatic carbocycles. The summed E-state index contributed by atoms with van der Waals surface area (Å²) in [6, 6.07) is 6.20. The third-order valence-corrected chi connectivity index (χ3v) is 5.68. The number of nitrogens with one attached hydrogen (secondary N) is 2. The number of carbonyl (C=O) groups is 1. The number of aromatic nitrogens is 3. The van der Waals surface area contributed by atoms with E-state index in [0.717, 1.165) is 25.7 Å². The summed E-state index contributed by atoms with van der Waals surface area (Å²) in [5.74, 6) is 0.387. The highest BCUT2D eigenvalue weighted by Gasteiger charge is 2.25. The van der Waals surface area contributed by atoms with Crippen LogP contribution in [0.5, 0.6) is 0 Å². The minimum absolute atomic E-state index is 0.135. The van der Waals surface area contributed by atoms with E-state index in [9.17, 15) is 4.79 Å². The molecule has 1 heterocycles. The SMILES string of the molecule is Cc1cccc(CNc2nc(Cl)nc(NCC3CCC(C(=O)O)CC3)n2)c1C. The molecule has 1 fully saturated rings. The van der Waals surface area contributed by atoms with Gasteiger partial charge >= 0.3 is 5.97 Å². The maximum atomic E-state index is 11.1. The molecule has 2 aromatic rings. The van der Waals surface area contributed by atoms with Gasteiger partial charge in [0.05, 0.1) is 5.92 Å². The Hall–Kier alpha value is -2.41. The molecule has 0 atom stereocenters. The van der Waals surface area contributed by atoms with Crippen LogP contribution in [0.3, 0.4) is 0 Å². The lowest BCUT2D eigenvalue weighted by molar-refractivity contribution is -0.143. The van der Waals surface area contributed by atoms with Crippen molar-refractivity contribution in [2.45, 2.75) is 46.1 Å². The van der Waals surface area contributed by atoms with Gasteiger partial charge in [-0.15, -0.1) is 0 Å². The Morgan fingerprint density at radius 1 is 1.11 bits per heavy atom. The van der Waals surface area contributed by atoms with Crippen LogP contribution in [0.2, 0.25) is 5.28 Å². The number of halogens is 1. The molecule has 0 amide bonds. The highest BCUT2D eigenvalue weighted by molar-refractivity contribution is 6.28. The molecule has 0 unspecified atom stereocenters. The van der Waals surface area contributed by atoms with Crippen LogP contribution in [0.15, 0.2) is 18.2 Å². The van der Waals surface area contributed by atoms with Crippen LogP contribution in [-0.2, 0) is 11.3 Å². The molecule has 1 aromatic heterocycles. The predicted octanol–water partition coefficient (Wildman–Crippen LogP) is 4.06. The van der Waals surface area contributed by atoms with Gasteiger partial charge in [-0.25, -0.2) is 0 Å². The number of nitrogens with zero attached hydrogens (tertiary/aromatic N) is 3. The Labute approximate surface area is 170 Å². The van der Waals surface area contributed by atoms with Crippen molar-refractivity contribution >= 4 is 29.5 Å². The van der Waals surface area contributed by atoms with Crippen LogP contribution >= 0.6 is 11.6 Å². The molecule has 0 bridgehead atoms. The maximum absolute atomic E-state index is 11.1. The van der Waals surface area contributed by atoms with Crippen molar-refractivity contribution in [2.75, 3.05) is 17.2 Å². The van der Waals surface area contributed by atoms with Gasteiger partial charge in [0, 0.05) is 13.1 Å². The Balaban J connectivity index is 1.56. The molecule has 0 saturated heterocycles. The van der Waals surface area contributed by atoms with E-state index in [1.807, 2.05) is 6.07 Å². The third-order valence-electron chi connectivity index (χ3n) is 5.51. The molecule has 28 heavy (non-hydrogen) atoms. The van der Waals surface area contributed by atoms with Crippen LogP contribution < -0.4 is 10.6 Å². The van der Waals surface area contributed by atoms with Gasteiger partial charge in [0.25, 0.3) is 0 Å². The molecule has 7 nitrogen and oxygen atoms in total. The van der Waals surface area contributed by atoms with E-state index in [2.05, 4.69) is 51.6 Å². The standard InChI is InChI=1S/C20H26ClN5O2/c1-12-4-3-5-16(13(12)2)11-23-20-25-18(21)24-19(26-20)22-10-14-6-8-15(9-7-14)17(27)28/h3-5,14-15H,6-11H2,1-2H3,(H,27,28)(H2,22,23,24,25,26). The van der Waals surface area contributed by atoms with Crippen molar-refractivity contribution in [1.29, 1.82) is 0 Å². The fourth-order valence-electron chi connectivity index (χ4n) is 3.53. The van der Waals surface area contributed by atoms with Crippen LogP contribution in [0, 0.1) is 25.7 Å². The third kappa shape index (κ3) is 5.32. The molecule has 0 spiro atoms. The summed E-state index contributed by atoms with van der Waals surface area (Å²) < 4.78 is 0. The van der Waals surface area contributed by atoms with Gasteiger partial charge < -0.3 is 15.7 Å². The van der Waals surface area contributed by atoms with Crippen molar-refractivity contribution in [3.63, 3.8) is 0 Å². The van der Waals surface area contributed by atoms with Crippen molar-refractivity contribution in [1.82, 2.24) is 15.0 Å². The highest BCUT2D eigenvalue weighted by atomic mass is 35.5. The van der Waals surface area contributed by atoms with Crippen LogP contribution in [-0.4, -0.2) is 32.6 Å². The molecule has 1 saturated carbocycles. The minimum Gasteiger partial charge on any atom is -0.481 e. The van der Waals surface area contributed by atoms with Crippen molar-refractivity contribution in [3.8, 4) is 0 Å². The van der Waals surface area contributed by atoms with Crippen molar-refractivity contribution in [3.05, 3.63) is 40.2 Å². The van der Waals surface area contributed by atoms with Crippen molar-refractivity contribution in [2.24, 2.45) is 11.8 Å². The number of benzene rings is 1. The second kappa shape index (κ2) is 9.19. The molecular weight excluding hydrogens is 378 g/mol. The lowest BCUT2D eigenvalue weighted by atomic mass is 9.82. The number of anilines is 2. The molecule has 0 aliphatic heterocycles. The Kier molecular flexibility index (Phi) is 6.67. The molecule has 3 rings (SSSR count).